The number of carbonyl (C=O) groups excluding carboxylic acids is 1. The van der Waals surface area contributed by atoms with Gasteiger partial charge in [-0.15, -0.1) is 0 Å². The molecule has 1 unspecified atom stereocenters. The van der Waals surface area contributed by atoms with E-state index in [0.717, 1.165) is 5.70 Å². The average Bonchev–Trinajstić information content (AvgIpc) is 2.04. The van der Waals surface area contributed by atoms with E-state index in [1.54, 1.807) is 0 Å². The lowest BCUT2D eigenvalue weighted by molar-refractivity contribution is -0.123. The number of allylic oxidation sites excluding steroid dienone is 2. The van der Waals surface area contributed by atoms with E-state index < -0.39 is 0 Å². The fraction of sp³-hybridized carbons (Fsp3) is 0.286. The summed E-state index contributed by atoms with van der Waals surface area (Å²) in [6.07, 6.45) is 6.19. The van der Waals surface area contributed by atoms with Crippen LogP contribution in [0.25, 0.3) is 0 Å². The zero-order valence-electron chi connectivity index (χ0n) is 5.92. The van der Waals surface area contributed by atoms with Gasteiger partial charge in [0.25, 0.3) is 0 Å². The molecule has 3 N–H and O–H groups in total. The number of nitrogens with one attached hydrogen (secondary N) is 3. The third kappa shape index (κ3) is 1.07. The van der Waals surface area contributed by atoms with E-state index in [1.165, 1.54) is 0 Å². The minimum Gasteiger partial charge on any atom is -0.382 e. The van der Waals surface area contributed by atoms with Crippen LogP contribution < -0.4 is 16.2 Å². The lowest BCUT2D eigenvalue weighted by Gasteiger charge is -2.28. The van der Waals surface area contributed by atoms with Crippen LogP contribution in [0.4, 0.5) is 0 Å². The van der Waals surface area contributed by atoms with Crippen LogP contribution in [0.5, 0.6) is 0 Å². The van der Waals surface area contributed by atoms with Gasteiger partial charge in [-0.05, 0) is 18.4 Å². The van der Waals surface area contributed by atoms with Crippen LogP contribution in [-0.4, -0.2) is 11.9 Å². The highest BCUT2D eigenvalue weighted by atomic mass is 16.2. The van der Waals surface area contributed by atoms with Crippen molar-refractivity contribution in [2.75, 3.05) is 0 Å². The van der Waals surface area contributed by atoms with Crippen LogP contribution in [0.15, 0.2) is 24.0 Å². The Bertz CT molecular complexity index is 244. The second-order valence-corrected chi connectivity index (χ2v) is 2.58. The van der Waals surface area contributed by atoms with E-state index in [1.807, 2.05) is 18.4 Å². The molecule has 0 aliphatic carbocycles. The molecule has 0 bridgehead atoms. The van der Waals surface area contributed by atoms with Gasteiger partial charge in [0.05, 0.1) is 18.2 Å². The lowest BCUT2D eigenvalue weighted by atomic mass is 10.1. The Morgan fingerprint density at radius 1 is 1.45 bits per heavy atom. The smallest absolute Gasteiger partial charge is 0.240 e. The van der Waals surface area contributed by atoms with Gasteiger partial charge in [0, 0.05) is 0 Å². The molecule has 1 amide bonds. The number of dihydropyridines is 1. The third-order valence-electron chi connectivity index (χ3n) is 1.78. The summed E-state index contributed by atoms with van der Waals surface area (Å²) in [6, 6.07) is 0.133. The second kappa shape index (κ2) is 2.30. The number of hydrogen-bond donors (Lipinski definition) is 3. The summed E-state index contributed by atoms with van der Waals surface area (Å²) in [4.78, 5) is 10.9. The highest BCUT2D eigenvalue weighted by molar-refractivity contribution is 5.78. The first kappa shape index (κ1) is 6.27. The molecule has 1 fully saturated rings. The Balaban J connectivity index is 2.16. The van der Waals surface area contributed by atoms with Crippen molar-refractivity contribution in [2.24, 2.45) is 0 Å². The summed E-state index contributed by atoms with van der Waals surface area (Å²) >= 11 is 0. The molecule has 2 rings (SSSR count). The summed E-state index contributed by atoms with van der Waals surface area (Å²) < 4.78 is 0. The SMILES string of the molecule is O=C1CC2NC=CC=C2NN1. The van der Waals surface area contributed by atoms with Crippen LogP contribution >= 0.6 is 0 Å². The van der Waals surface area contributed by atoms with Gasteiger partial charge in [-0.25, -0.2) is 0 Å². The molecule has 0 aromatic rings. The van der Waals surface area contributed by atoms with Crippen molar-refractivity contribution in [3.05, 3.63) is 24.0 Å². The Morgan fingerprint density at radius 3 is 3.27 bits per heavy atom. The van der Waals surface area contributed by atoms with Gasteiger partial charge in [-0.2, -0.15) is 0 Å². The first-order chi connectivity index (χ1) is 5.36. The summed E-state index contributed by atoms with van der Waals surface area (Å²) in [5.74, 6) is 0.0231. The van der Waals surface area contributed by atoms with Crippen LogP contribution in [0.3, 0.4) is 0 Å². The van der Waals surface area contributed by atoms with E-state index in [2.05, 4.69) is 16.2 Å². The predicted molar refractivity (Wildman–Crippen MR) is 40.0 cm³/mol. The molecular formula is C7H9N3O. The van der Waals surface area contributed by atoms with E-state index in [4.69, 9.17) is 0 Å². The number of hydrazine groups is 1. The Labute approximate surface area is 64.3 Å². The van der Waals surface area contributed by atoms with Crippen molar-refractivity contribution < 1.29 is 4.79 Å². The Hall–Kier alpha value is -1.45. The quantitative estimate of drug-likeness (QED) is 0.432. The van der Waals surface area contributed by atoms with Crippen LogP contribution in [-0.2, 0) is 4.79 Å². The Kier molecular flexibility index (Phi) is 1.31. The van der Waals surface area contributed by atoms with E-state index in [9.17, 15) is 4.79 Å². The molecule has 0 spiro atoms. The number of rotatable bonds is 0. The van der Waals surface area contributed by atoms with Crippen molar-refractivity contribution in [2.45, 2.75) is 12.5 Å². The molecule has 0 saturated carbocycles. The van der Waals surface area contributed by atoms with Gasteiger partial charge in [0.2, 0.25) is 5.91 Å². The minimum atomic E-state index is 0.0231. The zero-order chi connectivity index (χ0) is 7.68. The van der Waals surface area contributed by atoms with Crippen molar-refractivity contribution >= 4 is 5.91 Å². The fourth-order valence-electron chi connectivity index (χ4n) is 1.21. The second-order valence-electron chi connectivity index (χ2n) is 2.58. The maximum Gasteiger partial charge on any atom is 0.240 e. The molecule has 4 nitrogen and oxygen atoms in total. The van der Waals surface area contributed by atoms with Gasteiger partial charge in [-0.3, -0.25) is 10.2 Å². The fourth-order valence-corrected chi connectivity index (χ4v) is 1.21. The standard InChI is InChI=1S/C7H9N3O/c11-7-4-6-5(9-10-7)2-1-3-8-6/h1-3,6,8-9H,4H2,(H,10,11). The molecular weight excluding hydrogens is 142 g/mol. The summed E-state index contributed by atoms with van der Waals surface area (Å²) in [7, 11) is 0. The summed E-state index contributed by atoms with van der Waals surface area (Å²) in [5.41, 5.74) is 6.39. The highest BCUT2D eigenvalue weighted by Gasteiger charge is 2.22. The Morgan fingerprint density at radius 2 is 2.36 bits per heavy atom. The molecule has 2 heterocycles. The average molecular weight is 151 g/mol. The number of amides is 1. The maximum atomic E-state index is 10.9. The van der Waals surface area contributed by atoms with Gasteiger partial charge in [0.1, 0.15) is 0 Å². The van der Waals surface area contributed by atoms with Gasteiger partial charge in [-0.1, -0.05) is 0 Å². The summed E-state index contributed by atoms with van der Waals surface area (Å²) in [5, 5.41) is 3.08. The molecule has 0 aromatic heterocycles. The lowest BCUT2D eigenvalue weighted by Crippen LogP contribution is -2.51. The largest absolute Gasteiger partial charge is 0.382 e. The van der Waals surface area contributed by atoms with Crippen LogP contribution in [0.1, 0.15) is 6.42 Å². The van der Waals surface area contributed by atoms with Crippen molar-refractivity contribution in [3.63, 3.8) is 0 Å². The zero-order valence-corrected chi connectivity index (χ0v) is 5.92. The molecule has 0 aromatic carbocycles. The molecule has 58 valence electrons. The van der Waals surface area contributed by atoms with Crippen molar-refractivity contribution in [1.29, 1.82) is 0 Å². The van der Waals surface area contributed by atoms with E-state index in [-0.39, 0.29) is 11.9 Å². The third-order valence-corrected chi connectivity index (χ3v) is 1.78. The highest BCUT2D eigenvalue weighted by Crippen LogP contribution is 2.10. The topological polar surface area (TPSA) is 53.2 Å². The number of carbonyl (C=O) groups is 1. The van der Waals surface area contributed by atoms with Crippen LogP contribution in [0.2, 0.25) is 0 Å². The number of hydrogen-bond acceptors (Lipinski definition) is 3. The molecule has 11 heavy (non-hydrogen) atoms. The molecule has 2 aliphatic heterocycles. The monoisotopic (exact) mass is 151 g/mol. The normalized spacial score (nSPS) is 27.5. The van der Waals surface area contributed by atoms with Crippen molar-refractivity contribution in [3.8, 4) is 0 Å². The molecule has 2 aliphatic rings. The van der Waals surface area contributed by atoms with E-state index >= 15 is 0 Å². The van der Waals surface area contributed by atoms with E-state index in [0.29, 0.717) is 6.42 Å². The van der Waals surface area contributed by atoms with Gasteiger partial charge in [0.15, 0.2) is 0 Å². The molecule has 1 atom stereocenters. The molecule has 1 saturated heterocycles. The molecule has 0 radical (unpaired) electrons. The first-order valence-electron chi connectivity index (χ1n) is 3.54. The first-order valence-corrected chi connectivity index (χ1v) is 3.54. The molecule has 4 heteroatoms. The van der Waals surface area contributed by atoms with Gasteiger partial charge < -0.3 is 10.7 Å². The van der Waals surface area contributed by atoms with Crippen LogP contribution in [0, 0.1) is 0 Å². The predicted octanol–water partition coefficient (Wildman–Crippen LogP) is -0.620. The number of fused-ring (bicyclic) bond motifs is 1. The summed E-state index contributed by atoms with van der Waals surface area (Å²) in [6.45, 7) is 0. The van der Waals surface area contributed by atoms with Gasteiger partial charge >= 0.3 is 0 Å². The minimum absolute atomic E-state index is 0.0231. The van der Waals surface area contributed by atoms with Crippen molar-refractivity contribution in [1.82, 2.24) is 16.2 Å². The maximum absolute atomic E-state index is 10.9.